The van der Waals surface area contributed by atoms with E-state index in [1.165, 1.54) is 31.4 Å². The molecular formula is C21H22FNO5S3. The van der Waals surface area contributed by atoms with Crippen molar-refractivity contribution in [3.63, 3.8) is 0 Å². The molecule has 0 aliphatic rings. The molecule has 3 aromatic rings. The highest BCUT2D eigenvalue weighted by molar-refractivity contribution is 7.93. The van der Waals surface area contributed by atoms with E-state index in [9.17, 15) is 21.2 Å². The molecule has 0 unspecified atom stereocenters. The Hall–Kier alpha value is -2.27. The normalized spacial score (nSPS) is 13.2. The molecule has 0 amide bonds. The summed E-state index contributed by atoms with van der Waals surface area (Å²) < 4.78 is 73.6. The van der Waals surface area contributed by atoms with Gasteiger partial charge in [0, 0.05) is 6.54 Å². The van der Waals surface area contributed by atoms with Gasteiger partial charge in [0.1, 0.15) is 25.9 Å². The summed E-state index contributed by atoms with van der Waals surface area (Å²) in [6, 6.07) is 11.1. The van der Waals surface area contributed by atoms with Crippen molar-refractivity contribution in [2.24, 2.45) is 0 Å². The van der Waals surface area contributed by atoms with Crippen LogP contribution in [0.25, 0.3) is 0 Å². The van der Waals surface area contributed by atoms with E-state index >= 15 is 0 Å². The van der Waals surface area contributed by atoms with Crippen LogP contribution < -0.4 is 9.46 Å². The van der Waals surface area contributed by atoms with Gasteiger partial charge in [-0.05, 0) is 66.2 Å². The molecule has 0 radical (unpaired) electrons. The topological polar surface area (TPSA) is 89.5 Å². The molecule has 0 fully saturated rings. The minimum atomic E-state index is -4.09. The minimum Gasteiger partial charge on any atom is -0.495 e. The van der Waals surface area contributed by atoms with Gasteiger partial charge in [-0.15, -0.1) is 11.3 Å². The average Bonchev–Trinajstić information content (AvgIpc) is 3.26. The van der Waals surface area contributed by atoms with Gasteiger partial charge in [0.2, 0.25) is 10.0 Å². The molecular weight excluding hydrogens is 461 g/mol. The highest BCUT2D eigenvalue weighted by atomic mass is 32.2. The number of thiophene rings is 1. The lowest BCUT2D eigenvalue weighted by molar-refractivity contribution is 0.402. The first kappa shape index (κ1) is 23.4. The molecule has 1 heterocycles. The van der Waals surface area contributed by atoms with Crippen molar-refractivity contribution in [3.8, 4) is 5.75 Å². The molecule has 166 valence electrons. The van der Waals surface area contributed by atoms with E-state index in [4.69, 9.17) is 4.74 Å². The number of ether oxygens (including phenoxy) is 1. The van der Waals surface area contributed by atoms with Crippen LogP contribution in [-0.4, -0.2) is 30.5 Å². The fraction of sp³-hybridized carbons (Fsp3) is 0.238. The van der Waals surface area contributed by atoms with Gasteiger partial charge in [0.25, 0.3) is 0 Å². The molecule has 0 spiro atoms. The van der Waals surface area contributed by atoms with Crippen LogP contribution in [0.3, 0.4) is 0 Å². The van der Waals surface area contributed by atoms with Crippen molar-refractivity contribution in [1.29, 1.82) is 0 Å². The third-order valence-corrected chi connectivity index (χ3v) is 9.90. The first-order valence-corrected chi connectivity index (χ1v) is 13.1. The van der Waals surface area contributed by atoms with E-state index in [2.05, 4.69) is 4.72 Å². The summed E-state index contributed by atoms with van der Waals surface area (Å²) in [6.07, 6.45) is 0. The summed E-state index contributed by atoms with van der Waals surface area (Å²) in [7, 11) is -6.65. The zero-order valence-electron chi connectivity index (χ0n) is 17.1. The number of hydrogen-bond acceptors (Lipinski definition) is 6. The van der Waals surface area contributed by atoms with Crippen LogP contribution in [-0.2, 0) is 19.9 Å². The number of hydrogen-bond donors (Lipinski definition) is 1. The molecule has 0 bridgehead atoms. The summed E-state index contributed by atoms with van der Waals surface area (Å²) in [5.74, 6) is -0.355. The van der Waals surface area contributed by atoms with Crippen molar-refractivity contribution in [2.45, 2.75) is 28.2 Å². The number of aryl methyl sites for hydroxylation is 2. The van der Waals surface area contributed by atoms with E-state index in [-0.39, 0.29) is 20.4 Å². The quantitative estimate of drug-likeness (QED) is 0.523. The molecule has 2 aromatic carbocycles. The Morgan fingerprint density at radius 3 is 2.26 bits per heavy atom. The van der Waals surface area contributed by atoms with Gasteiger partial charge in [-0.25, -0.2) is 25.9 Å². The number of sulfone groups is 1. The van der Waals surface area contributed by atoms with Gasteiger partial charge in [0.15, 0.2) is 9.84 Å². The van der Waals surface area contributed by atoms with Crippen LogP contribution in [0.4, 0.5) is 4.39 Å². The lowest BCUT2D eigenvalue weighted by Crippen LogP contribution is -2.32. The van der Waals surface area contributed by atoms with Crippen molar-refractivity contribution in [1.82, 2.24) is 4.72 Å². The second kappa shape index (κ2) is 9.07. The van der Waals surface area contributed by atoms with E-state index in [1.54, 1.807) is 24.4 Å². The predicted molar refractivity (Wildman–Crippen MR) is 118 cm³/mol. The molecule has 1 aromatic heterocycles. The lowest BCUT2D eigenvalue weighted by atomic mass is 10.1. The molecule has 0 aliphatic carbocycles. The molecule has 1 N–H and O–H groups in total. The molecule has 10 heteroatoms. The molecule has 0 aliphatic heterocycles. The van der Waals surface area contributed by atoms with Crippen molar-refractivity contribution in [2.75, 3.05) is 13.7 Å². The smallest absolute Gasteiger partial charge is 0.244 e. The fourth-order valence-corrected chi connectivity index (χ4v) is 7.30. The van der Waals surface area contributed by atoms with E-state index in [1.807, 2.05) is 6.92 Å². The Balaban J connectivity index is 1.99. The summed E-state index contributed by atoms with van der Waals surface area (Å²) >= 11 is 1.04. The lowest BCUT2D eigenvalue weighted by Gasteiger charge is -2.19. The number of methoxy groups -OCH3 is 1. The van der Waals surface area contributed by atoms with Crippen LogP contribution in [0.15, 0.2) is 63.0 Å². The van der Waals surface area contributed by atoms with Crippen LogP contribution in [0, 0.1) is 19.7 Å². The Bertz CT molecular complexity index is 1270. The van der Waals surface area contributed by atoms with E-state index in [0.717, 1.165) is 34.6 Å². The Labute approximate surface area is 185 Å². The van der Waals surface area contributed by atoms with Crippen LogP contribution in [0.2, 0.25) is 0 Å². The van der Waals surface area contributed by atoms with Crippen molar-refractivity contribution >= 4 is 31.2 Å². The highest BCUT2D eigenvalue weighted by Crippen LogP contribution is 2.32. The molecule has 0 saturated carbocycles. The number of nitrogens with one attached hydrogen (secondary N) is 1. The zero-order chi connectivity index (χ0) is 22.8. The summed E-state index contributed by atoms with van der Waals surface area (Å²) in [4.78, 5) is -0.0792. The number of benzene rings is 2. The fourth-order valence-electron chi connectivity index (χ4n) is 3.05. The van der Waals surface area contributed by atoms with Gasteiger partial charge < -0.3 is 4.74 Å². The highest BCUT2D eigenvalue weighted by Gasteiger charge is 2.32. The minimum absolute atomic E-state index is 0.0792. The van der Waals surface area contributed by atoms with Crippen LogP contribution >= 0.6 is 11.3 Å². The second-order valence-electron chi connectivity index (χ2n) is 6.96. The average molecular weight is 484 g/mol. The van der Waals surface area contributed by atoms with Gasteiger partial charge in [-0.1, -0.05) is 18.2 Å². The monoisotopic (exact) mass is 483 g/mol. The van der Waals surface area contributed by atoms with E-state index < -0.39 is 37.5 Å². The molecule has 3 rings (SSSR count). The zero-order valence-corrected chi connectivity index (χ0v) is 19.6. The Morgan fingerprint density at radius 2 is 1.68 bits per heavy atom. The van der Waals surface area contributed by atoms with Crippen LogP contribution in [0.5, 0.6) is 5.75 Å². The van der Waals surface area contributed by atoms with Gasteiger partial charge in [-0.2, -0.15) is 0 Å². The third-order valence-electron chi connectivity index (χ3n) is 4.92. The molecule has 0 saturated heterocycles. The van der Waals surface area contributed by atoms with Gasteiger partial charge >= 0.3 is 0 Å². The SMILES string of the molecule is COc1cc(C)c(C)cc1S(=O)(=O)NC[C@H](c1ccc(F)cc1)S(=O)(=O)c1cccs1. The summed E-state index contributed by atoms with van der Waals surface area (Å²) in [5, 5.41) is 0.387. The van der Waals surface area contributed by atoms with E-state index in [0.29, 0.717) is 0 Å². The molecule has 31 heavy (non-hydrogen) atoms. The number of rotatable bonds is 8. The Morgan fingerprint density at radius 1 is 1.03 bits per heavy atom. The first-order valence-electron chi connectivity index (χ1n) is 9.24. The first-order chi connectivity index (χ1) is 14.6. The summed E-state index contributed by atoms with van der Waals surface area (Å²) in [5.41, 5.74) is 1.90. The standard InChI is InChI=1S/C21H22FNO5S3/c1-14-11-18(28-3)19(12-15(14)2)31(26,27)23-13-20(16-6-8-17(22)9-7-16)30(24,25)21-5-4-10-29-21/h4-12,20,23H,13H2,1-3H3/t20-/m1/s1. The van der Waals surface area contributed by atoms with Gasteiger partial charge in [0.05, 0.1) is 7.11 Å². The molecule has 6 nitrogen and oxygen atoms in total. The number of sulfonamides is 1. The number of halogens is 1. The maximum atomic E-state index is 13.4. The largest absolute Gasteiger partial charge is 0.495 e. The van der Waals surface area contributed by atoms with Gasteiger partial charge in [-0.3, -0.25) is 0 Å². The maximum absolute atomic E-state index is 13.4. The predicted octanol–water partition coefficient (Wildman–Crippen LogP) is 4.01. The maximum Gasteiger partial charge on any atom is 0.244 e. The van der Waals surface area contributed by atoms with Crippen molar-refractivity contribution < 1.29 is 26.0 Å². The second-order valence-corrected chi connectivity index (χ2v) is 12.0. The van der Waals surface area contributed by atoms with Crippen molar-refractivity contribution in [3.05, 3.63) is 76.4 Å². The molecule has 1 atom stereocenters. The van der Waals surface area contributed by atoms with Crippen LogP contribution in [0.1, 0.15) is 21.9 Å². The Kier molecular flexibility index (Phi) is 6.85. The third kappa shape index (κ3) is 4.98. The summed E-state index contributed by atoms with van der Waals surface area (Å²) in [6.45, 7) is 3.18.